The Morgan fingerprint density at radius 2 is 2.00 bits per heavy atom. The fourth-order valence-electron chi connectivity index (χ4n) is 2.53. The highest BCUT2D eigenvalue weighted by molar-refractivity contribution is 7.15. The van der Waals surface area contributed by atoms with E-state index < -0.39 is 5.97 Å². The maximum Gasteiger partial charge on any atom is 0.345 e. The van der Waals surface area contributed by atoms with E-state index in [1.165, 1.54) is 6.07 Å². The van der Waals surface area contributed by atoms with Crippen LogP contribution in [0.3, 0.4) is 0 Å². The molecule has 7 nitrogen and oxygen atoms in total. The van der Waals surface area contributed by atoms with E-state index >= 15 is 0 Å². The van der Waals surface area contributed by atoms with Crippen LogP contribution in [0.15, 0.2) is 16.7 Å². The molecule has 0 bridgehead atoms. The van der Waals surface area contributed by atoms with E-state index in [4.69, 9.17) is 9.63 Å². The molecule has 2 aromatic rings. The Morgan fingerprint density at radius 1 is 1.32 bits per heavy atom. The Hall–Kier alpha value is -2.22. The van der Waals surface area contributed by atoms with Crippen molar-refractivity contribution in [2.24, 2.45) is 0 Å². The number of carbonyl (C=O) groups excluding carboxylic acids is 1. The number of rotatable bonds is 3. The van der Waals surface area contributed by atoms with Gasteiger partial charge in [0.05, 0.1) is 4.88 Å². The number of carboxylic acid groups (broad SMARTS) is 1. The van der Waals surface area contributed by atoms with Crippen molar-refractivity contribution in [1.29, 1.82) is 0 Å². The number of hydrogen-bond donors (Lipinski definition) is 1. The molecule has 0 aliphatic carbocycles. The average molecular weight is 321 g/mol. The minimum absolute atomic E-state index is 0.113. The van der Waals surface area contributed by atoms with Crippen molar-refractivity contribution in [1.82, 2.24) is 15.0 Å². The summed E-state index contributed by atoms with van der Waals surface area (Å²) in [5.41, 5.74) is 0. The normalized spacial score (nSPS) is 16.0. The van der Waals surface area contributed by atoms with Crippen LogP contribution in [-0.4, -0.2) is 45.1 Å². The van der Waals surface area contributed by atoms with Gasteiger partial charge < -0.3 is 14.5 Å². The van der Waals surface area contributed by atoms with E-state index in [9.17, 15) is 9.59 Å². The zero-order valence-corrected chi connectivity index (χ0v) is 12.8. The molecule has 0 atom stereocenters. The van der Waals surface area contributed by atoms with E-state index in [0.717, 1.165) is 24.2 Å². The first kappa shape index (κ1) is 14.7. The summed E-state index contributed by atoms with van der Waals surface area (Å²) in [6.07, 6.45) is 1.54. The second-order valence-electron chi connectivity index (χ2n) is 5.22. The summed E-state index contributed by atoms with van der Waals surface area (Å²) in [5.74, 6) is 0.317. The average Bonchev–Trinajstić information content (AvgIpc) is 3.16. The van der Waals surface area contributed by atoms with Crippen LogP contribution < -0.4 is 0 Å². The summed E-state index contributed by atoms with van der Waals surface area (Å²) in [7, 11) is 0. The highest BCUT2D eigenvalue weighted by Gasteiger charge is 2.28. The number of aromatic carboxylic acids is 1. The lowest BCUT2D eigenvalue weighted by atomic mass is 9.96. The second-order valence-corrected chi connectivity index (χ2v) is 6.30. The lowest BCUT2D eigenvalue weighted by Crippen LogP contribution is -2.37. The van der Waals surface area contributed by atoms with Gasteiger partial charge in [-0.1, -0.05) is 5.16 Å². The molecule has 1 aliphatic heterocycles. The molecule has 8 heteroatoms. The quantitative estimate of drug-likeness (QED) is 0.930. The Bertz CT molecular complexity index is 701. The Morgan fingerprint density at radius 3 is 2.55 bits per heavy atom. The predicted octanol–water partition coefficient (Wildman–Crippen LogP) is 2.16. The van der Waals surface area contributed by atoms with Crippen LogP contribution in [0, 0.1) is 6.92 Å². The fourth-order valence-corrected chi connectivity index (χ4v) is 3.34. The van der Waals surface area contributed by atoms with Crippen LogP contribution in [0.2, 0.25) is 0 Å². The van der Waals surface area contributed by atoms with Crippen molar-refractivity contribution in [3.05, 3.63) is 33.6 Å². The van der Waals surface area contributed by atoms with Crippen molar-refractivity contribution in [2.45, 2.75) is 25.7 Å². The number of carboxylic acids is 1. The van der Waals surface area contributed by atoms with Gasteiger partial charge in [-0.15, -0.1) is 11.3 Å². The van der Waals surface area contributed by atoms with E-state index in [2.05, 4.69) is 10.1 Å². The fraction of sp³-hybridized carbons (Fsp3) is 0.429. The number of aromatic nitrogens is 2. The van der Waals surface area contributed by atoms with Gasteiger partial charge in [-0.25, -0.2) is 4.79 Å². The Balaban J connectivity index is 1.63. The van der Waals surface area contributed by atoms with Gasteiger partial charge in [0.25, 0.3) is 5.91 Å². The lowest BCUT2D eigenvalue weighted by Gasteiger charge is -2.30. The minimum atomic E-state index is -1.01. The van der Waals surface area contributed by atoms with Gasteiger partial charge in [0.2, 0.25) is 5.89 Å². The topological polar surface area (TPSA) is 96.5 Å². The molecule has 1 aliphatic rings. The van der Waals surface area contributed by atoms with Gasteiger partial charge in [-0.05, 0) is 31.9 Å². The van der Waals surface area contributed by atoms with Gasteiger partial charge >= 0.3 is 5.97 Å². The Kier molecular flexibility index (Phi) is 3.93. The molecule has 0 spiro atoms. The third-order valence-electron chi connectivity index (χ3n) is 3.70. The zero-order chi connectivity index (χ0) is 15.7. The van der Waals surface area contributed by atoms with E-state index in [0.29, 0.717) is 29.7 Å². The standard InChI is InChI=1S/C14H15N3O4S/c1-8-15-12(21-16-8)9-4-6-17(7-5-9)13(18)10-2-3-11(22-10)14(19)20/h2-3,9H,4-7H2,1H3,(H,19,20). The van der Waals surface area contributed by atoms with Crippen LogP contribution in [0.1, 0.15) is 49.8 Å². The van der Waals surface area contributed by atoms with Gasteiger partial charge in [0.15, 0.2) is 5.82 Å². The van der Waals surface area contributed by atoms with Crippen molar-refractivity contribution < 1.29 is 19.2 Å². The van der Waals surface area contributed by atoms with Crippen LogP contribution in [0.4, 0.5) is 0 Å². The van der Waals surface area contributed by atoms with Gasteiger partial charge in [0, 0.05) is 19.0 Å². The third kappa shape index (κ3) is 2.87. The van der Waals surface area contributed by atoms with Crippen molar-refractivity contribution in [3.63, 3.8) is 0 Å². The largest absolute Gasteiger partial charge is 0.477 e. The predicted molar refractivity (Wildman–Crippen MR) is 78.2 cm³/mol. The number of amides is 1. The first-order valence-electron chi connectivity index (χ1n) is 6.97. The molecule has 1 fully saturated rings. The summed E-state index contributed by atoms with van der Waals surface area (Å²) in [6, 6.07) is 3.04. The number of piperidine rings is 1. The third-order valence-corrected chi connectivity index (χ3v) is 4.76. The monoisotopic (exact) mass is 321 g/mol. The van der Waals surface area contributed by atoms with Gasteiger partial charge in [-0.2, -0.15) is 4.98 Å². The van der Waals surface area contributed by atoms with Gasteiger partial charge in [-0.3, -0.25) is 4.79 Å². The highest BCUT2D eigenvalue weighted by atomic mass is 32.1. The summed E-state index contributed by atoms with van der Waals surface area (Å²) < 4.78 is 5.19. The first-order valence-corrected chi connectivity index (χ1v) is 7.79. The number of aryl methyl sites for hydroxylation is 1. The summed E-state index contributed by atoms with van der Waals surface area (Å²) in [5, 5.41) is 12.7. The molecule has 3 heterocycles. The van der Waals surface area contributed by atoms with Crippen molar-refractivity contribution in [3.8, 4) is 0 Å². The van der Waals surface area contributed by atoms with Crippen LogP contribution >= 0.6 is 11.3 Å². The highest BCUT2D eigenvalue weighted by Crippen LogP contribution is 2.28. The maximum atomic E-state index is 12.4. The molecule has 0 unspecified atom stereocenters. The van der Waals surface area contributed by atoms with Crippen LogP contribution in [-0.2, 0) is 0 Å². The lowest BCUT2D eigenvalue weighted by molar-refractivity contribution is 0.0698. The van der Waals surface area contributed by atoms with E-state index in [1.54, 1.807) is 17.9 Å². The SMILES string of the molecule is Cc1noc(C2CCN(C(=O)c3ccc(C(=O)O)s3)CC2)n1. The molecular weight excluding hydrogens is 306 g/mol. The van der Waals surface area contributed by atoms with Crippen LogP contribution in [0.25, 0.3) is 0 Å². The molecule has 1 saturated heterocycles. The number of nitrogens with zero attached hydrogens (tertiary/aromatic N) is 3. The Labute approximate surface area is 130 Å². The number of thiophene rings is 1. The summed E-state index contributed by atoms with van der Waals surface area (Å²) >= 11 is 1.01. The molecule has 3 rings (SSSR count). The molecule has 22 heavy (non-hydrogen) atoms. The first-order chi connectivity index (χ1) is 10.5. The molecule has 116 valence electrons. The van der Waals surface area contributed by atoms with Crippen molar-refractivity contribution in [2.75, 3.05) is 13.1 Å². The molecule has 1 amide bonds. The molecule has 1 N–H and O–H groups in total. The van der Waals surface area contributed by atoms with Crippen molar-refractivity contribution >= 4 is 23.2 Å². The molecule has 0 aromatic carbocycles. The maximum absolute atomic E-state index is 12.4. The number of carbonyl (C=O) groups is 2. The molecular formula is C14H15N3O4S. The number of likely N-dealkylation sites (tertiary alicyclic amines) is 1. The minimum Gasteiger partial charge on any atom is -0.477 e. The van der Waals surface area contributed by atoms with E-state index in [-0.39, 0.29) is 16.7 Å². The summed E-state index contributed by atoms with van der Waals surface area (Å²) in [4.78, 5) is 29.9. The number of hydrogen-bond acceptors (Lipinski definition) is 6. The van der Waals surface area contributed by atoms with E-state index in [1.807, 2.05) is 0 Å². The summed E-state index contributed by atoms with van der Waals surface area (Å²) in [6.45, 7) is 2.99. The molecule has 0 saturated carbocycles. The zero-order valence-electron chi connectivity index (χ0n) is 12.0. The molecule has 0 radical (unpaired) electrons. The molecule has 2 aromatic heterocycles. The smallest absolute Gasteiger partial charge is 0.345 e. The second kappa shape index (κ2) is 5.88. The van der Waals surface area contributed by atoms with Crippen LogP contribution in [0.5, 0.6) is 0 Å². The van der Waals surface area contributed by atoms with Gasteiger partial charge in [0.1, 0.15) is 4.88 Å².